The van der Waals surface area contributed by atoms with Gasteiger partial charge in [0.25, 0.3) is 0 Å². The Balaban J connectivity index is 2.81. The fraction of sp³-hybridized carbons (Fsp3) is 0.667. The van der Waals surface area contributed by atoms with Crippen LogP contribution in [0.2, 0.25) is 0 Å². The second-order valence-corrected chi connectivity index (χ2v) is 5.30. The highest BCUT2D eigenvalue weighted by Crippen LogP contribution is 2.38. The molecule has 94 valence electrons. The Kier molecular flexibility index (Phi) is 3.94. The van der Waals surface area contributed by atoms with Crippen LogP contribution in [-0.2, 0) is 9.31 Å². The summed E-state index contributed by atoms with van der Waals surface area (Å²) in [6.07, 6.45) is 1.71. The van der Waals surface area contributed by atoms with Gasteiger partial charge >= 0.3 is 7.12 Å². The first-order valence-corrected chi connectivity index (χ1v) is 5.73. The van der Waals surface area contributed by atoms with Crippen molar-refractivity contribution < 1.29 is 9.31 Å². The van der Waals surface area contributed by atoms with Crippen molar-refractivity contribution in [1.82, 2.24) is 0 Å². The van der Waals surface area contributed by atoms with Gasteiger partial charge in [0, 0.05) is 6.20 Å². The maximum absolute atomic E-state index is 5.89. The molecule has 0 atom stereocenters. The Morgan fingerprint density at radius 1 is 1.12 bits per heavy atom. The molecule has 0 unspecified atom stereocenters. The summed E-state index contributed by atoms with van der Waals surface area (Å²) < 4.78 is 11.8. The van der Waals surface area contributed by atoms with Crippen LogP contribution in [0.3, 0.4) is 0 Å². The molecule has 0 spiro atoms. The molecule has 0 aliphatic carbocycles. The zero-order chi connectivity index (χ0) is 13.3. The first-order chi connectivity index (χ1) is 7.69. The molecule has 1 aliphatic heterocycles. The third-order valence-electron chi connectivity index (χ3n) is 3.31. The van der Waals surface area contributed by atoms with E-state index < -0.39 is 0 Å². The van der Waals surface area contributed by atoms with Gasteiger partial charge in [0.2, 0.25) is 0 Å². The van der Waals surface area contributed by atoms with Gasteiger partial charge in [0.1, 0.15) is 5.84 Å². The lowest BCUT2D eigenvalue weighted by molar-refractivity contribution is 0.00578. The van der Waals surface area contributed by atoms with Crippen molar-refractivity contribution in [3.8, 4) is 0 Å². The minimum Gasteiger partial charge on any atom is -0.400 e. The quantitative estimate of drug-likeness (QED) is 0.420. The lowest BCUT2D eigenvalue weighted by Crippen LogP contribution is -2.41. The van der Waals surface area contributed by atoms with Gasteiger partial charge < -0.3 is 9.31 Å². The van der Waals surface area contributed by atoms with Crippen LogP contribution in [0.15, 0.2) is 21.7 Å². The van der Waals surface area contributed by atoms with Crippen molar-refractivity contribution in [3.63, 3.8) is 0 Å². The maximum atomic E-state index is 5.89. The second-order valence-electron chi connectivity index (χ2n) is 5.30. The molecule has 1 rings (SSSR count). The fourth-order valence-electron chi connectivity index (χ4n) is 1.33. The molecular weight excluding hydrogens is 215 g/mol. The predicted octanol–water partition coefficient (Wildman–Crippen LogP) is 2.64. The molecular formula is C12H21BN2O2. The Morgan fingerprint density at radius 3 is 2.00 bits per heavy atom. The number of hydrogen-bond acceptors (Lipinski definition) is 3. The molecule has 4 nitrogen and oxygen atoms in total. The fourth-order valence-corrected chi connectivity index (χ4v) is 1.33. The van der Waals surface area contributed by atoms with E-state index in [0.717, 1.165) is 5.47 Å². The number of allylic oxidation sites excluding steroid dienone is 1. The smallest absolute Gasteiger partial charge is 0.400 e. The van der Waals surface area contributed by atoms with E-state index in [4.69, 9.17) is 9.31 Å². The average molecular weight is 236 g/mol. The summed E-state index contributed by atoms with van der Waals surface area (Å²) >= 11 is 0. The number of rotatable bonds is 2. The summed E-state index contributed by atoms with van der Waals surface area (Å²) in [6.45, 7) is 15.2. The standard InChI is InChI=1S/C12H21BN2O2/c1-9(8-15-10(2)14-7)13-16-11(3,4)12(5,6)17-13/h8H,7H2,1-6H3/b9-8+,15-10?. The molecule has 5 heteroatoms. The molecule has 1 saturated heterocycles. The van der Waals surface area contributed by atoms with Crippen molar-refractivity contribution in [2.75, 3.05) is 0 Å². The van der Waals surface area contributed by atoms with Crippen molar-refractivity contribution in [2.24, 2.45) is 9.98 Å². The predicted molar refractivity (Wildman–Crippen MR) is 72.5 cm³/mol. The highest BCUT2D eigenvalue weighted by Gasteiger charge is 2.51. The summed E-state index contributed by atoms with van der Waals surface area (Å²) in [4.78, 5) is 7.87. The monoisotopic (exact) mass is 236 g/mol. The molecule has 0 aromatic carbocycles. The van der Waals surface area contributed by atoms with Gasteiger partial charge in [-0.05, 0) is 53.7 Å². The number of amidine groups is 1. The van der Waals surface area contributed by atoms with Gasteiger partial charge in [-0.25, -0.2) is 9.98 Å². The Labute approximate surface area is 104 Å². The summed E-state index contributed by atoms with van der Waals surface area (Å²) in [5.41, 5.74) is 0.288. The third-order valence-corrected chi connectivity index (χ3v) is 3.31. The lowest BCUT2D eigenvalue weighted by atomic mass is 9.80. The first kappa shape index (κ1) is 14.1. The molecule has 1 aliphatic rings. The Hall–Kier alpha value is -0.935. The SMILES string of the molecule is C=NC(C)=N/C=C(\C)B1OC(C)(C)C(C)(C)O1. The molecule has 17 heavy (non-hydrogen) atoms. The van der Waals surface area contributed by atoms with E-state index >= 15 is 0 Å². The molecule has 0 radical (unpaired) electrons. The molecule has 0 saturated carbocycles. The molecule has 0 N–H and O–H groups in total. The Bertz CT molecular complexity index is 357. The normalized spacial score (nSPS) is 24.0. The van der Waals surface area contributed by atoms with Crippen molar-refractivity contribution in [1.29, 1.82) is 0 Å². The van der Waals surface area contributed by atoms with Crippen molar-refractivity contribution in [3.05, 3.63) is 11.7 Å². The van der Waals surface area contributed by atoms with Crippen LogP contribution in [0.1, 0.15) is 41.5 Å². The van der Waals surface area contributed by atoms with Gasteiger partial charge in [-0.3, -0.25) is 0 Å². The van der Waals surface area contributed by atoms with Crippen LogP contribution in [0.4, 0.5) is 0 Å². The summed E-state index contributed by atoms with van der Waals surface area (Å²) in [5, 5.41) is 0. The van der Waals surface area contributed by atoms with Crippen LogP contribution in [-0.4, -0.2) is 30.9 Å². The summed E-state index contributed by atoms with van der Waals surface area (Å²) in [5.74, 6) is 0.626. The van der Waals surface area contributed by atoms with E-state index in [9.17, 15) is 0 Å². The largest absolute Gasteiger partial charge is 0.491 e. The lowest BCUT2D eigenvalue weighted by Gasteiger charge is -2.32. The van der Waals surface area contributed by atoms with E-state index in [1.807, 2.05) is 34.6 Å². The molecule has 1 heterocycles. The van der Waals surface area contributed by atoms with Crippen LogP contribution < -0.4 is 0 Å². The van der Waals surface area contributed by atoms with Crippen LogP contribution in [0.5, 0.6) is 0 Å². The van der Waals surface area contributed by atoms with E-state index in [0.29, 0.717) is 5.84 Å². The Morgan fingerprint density at radius 2 is 1.59 bits per heavy atom. The number of aliphatic imine (C=N–C) groups is 2. The van der Waals surface area contributed by atoms with Crippen LogP contribution in [0, 0.1) is 0 Å². The van der Waals surface area contributed by atoms with Gasteiger partial charge in [0.05, 0.1) is 11.2 Å². The molecule has 0 amide bonds. The highest BCUT2D eigenvalue weighted by atomic mass is 16.7. The van der Waals surface area contributed by atoms with Crippen molar-refractivity contribution in [2.45, 2.75) is 52.7 Å². The van der Waals surface area contributed by atoms with Gasteiger partial charge in [-0.1, -0.05) is 0 Å². The van der Waals surface area contributed by atoms with Gasteiger partial charge in [-0.2, -0.15) is 0 Å². The topological polar surface area (TPSA) is 43.2 Å². The van der Waals surface area contributed by atoms with E-state index in [1.54, 1.807) is 13.1 Å². The zero-order valence-corrected chi connectivity index (χ0v) is 11.6. The maximum Gasteiger partial charge on any atom is 0.491 e. The van der Waals surface area contributed by atoms with E-state index in [1.165, 1.54) is 0 Å². The summed E-state index contributed by atoms with van der Waals surface area (Å²) in [7, 11) is -0.346. The molecule has 0 aromatic heterocycles. The van der Waals surface area contributed by atoms with Gasteiger partial charge in [0.15, 0.2) is 0 Å². The third kappa shape index (κ3) is 3.04. The number of nitrogens with zero attached hydrogens (tertiary/aromatic N) is 2. The molecule has 0 aromatic rings. The second kappa shape index (κ2) is 4.74. The average Bonchev–Trinajstić information content (AvgIpc) is 2.44. The first-order valence-electron chi connectivity index (χ1n) is 5.73. The van der Waals surface area contributed by atoms with E-state index in [2.05, 4.69) is 16.7 Å². The molecule has 1 fully saturated rings. The molecule has 0 bridgehead atoms. The minimum atomic E-state index is -0.346. The van der Waals surface area contributed by atoms with E-state index in [-0.39, 0.29) is 18.3 Å². The highest BCUT2D eigenvalue weighted by molar-refractivity contribution is 6.54. The zero-order valence-electron chi connectivity index (χ0n) is 11.6. The summed E-state index contributed by atoms with van der Waals surface area (Å²) in [6, 6.07) is 0. The van der Waals surface area contributed by atoms with Crippen LogP contribution in [0.25, 0.3) is 0 Å². The minimum absolute atomic E-state index is 0.317. The number of hydrogen-bond donors (Lipinski definition) is 0. The van der Waals surface area contributed by atoms with Gasteiger partial charge in [-0.15, -0.1) is 0 Å². The van der Waals surface area contributed by atoms with Crippen molar-refractivity contribution >= 4 is 19.7 Å². The van der Waals surface area contributed by atoms with Crippen LogP contribution >= 0.6 is 0 Å².